The number of carbonyl (C=O) groups is 1. The normalized spacial score (nSPS) is 19.5. The number of nitrogens with zero attached hydrogens (tertiary/aromatic N) is 2. The molecule has 1 atom stereocenters. The van der Waals surface area contributed by atoms with Gasteiger partial charge in [0.2, 0.25) is 0 Å². The van der Waals surface area contributed by atoms with E-state index in [-0.39, 0.29) is 5.78 Å². The van der Waals surface area contributed by atoms with E-state index in [2.05, 4.69) is 9.88 Å². The molecular formula is C15H22N2O2. The molecule has 1 aliphatic rings. The fraction of sp³-hybridized carbons (Fsp3) is 0.600. The zero-order valence-corrected chi connectivity index (χ0v) is 11.8. The van der Waals surface area contributed by atoms with Crippen LogP contribution >= 0.6 is 0 Å². The Bertz CT molecular complexity index is 415. The lowest BCUT2D eigenvalue weighted by Crippen LogP contribution is -2.37. The van der Waals surface area contributed by atoms with Gasteiger partial charge in [-0.15, -0.1) is 0 Å². The van der Waals surface area contributed by atoms with Crippen molar-refractivity contribution >= 4 is 11.5 Å². The highest BCUT2D eigenvalue weighted by atomic mass is 16.5. The number of ether oxygens (including phenoxy) is 1. The molecule has 104 valence electrons. The van der Waals surface area contributed by atoms with E-state index in [1.54, 1.807) is 7.11 Å². The van der Waals surface area contributed by atoms with Crippen LogP contribution in [-0.2, 0) is 4.74 Å². The minimum atomic E-state index is 0.0995. The lowest BCUT2D eigenvalue weighted by Gasteiger charge is -2.33. The molecule has 0 amide bonds. The summed E-state index contributed by atoms with van der Waals surface area (Å²) < 4.78 is 5.24. The first-order valence-electron chi connectivity index (χ1n) is 6.97. The van der Waals surface area contributed by atoms with Gasteiger partial charge in [-0.3, -0.25) is 9.78 Å². The number of aromatic nitrogens is 1. The summed E-state index contributed by atoms with van der Waals surface area (Å²) in [6, 6.07) is 3.84. The zero-order valence-electron chi connectivity index (χ0n) is 11.8. The smallest absolute Gasteiger partial charge is 0.180 e. The molecule has 0 N–H and O–H groups in total. The van der Waals surface area contributed by atoms with Crippen LogP contribution < -0.4 is 4.90 Å². The highest BCUT2D eigenvalue weighted by Gasteiger charge is 2.20. The van der Waals surface area contributed by atoms with E-state index < -0.39 is 0 Å². The van der Waals surface area contributed by atoms with Crippen LogP contribution in [0.2, 0.25) is 0 Å². The van der Waals surface area contributed by atoms with Crippen LogP contribution in [0.3, 0.4) is 0 Å². The van der Waals surface area contributed by atoms with E-state index in [0.29, 0.717) is 18.0 Å². The second-order valence-corrected chi connectivity index (χ2v) is 5.09. The number of methoxy groups -OCH3 is 1. The predicted octanol–water partition coefficient (Wildman–Crippen LogP) is 2.54. The standard InChI is InChI=1S/C15H22N2O2/c1-3-15(18)14-7-6-13(9-16-14)17-8-4-5-12(10-17)11-19-2/h6-7,9,12H,3-5,8,10-11H2,1-2H3. The van der Waals surface area contributed by atoms with Crippen LogP contribution in [-0.4, -0.2) is 37.6 Å². The first-order valence-corrected chi connectivity index (χ1v) is 6.97. The van der Waals surface area contributed by atoms with E-state index in [0.717, 1.165) is 25.4 Å². The Morgan fingerprint density at radius 1 is 1.53 bits per heavy atom. The molecule has 2 heterocycles. The Balaban J connectivity index is 2.03. The largest absolute Gasteiger partial charge is 0.384 e. The fourth-order valence-corrected chi connectivity index (χ4v) is 2.59. The average Bonchev–Trinajstić information content (AvgIpc) is 2.47. The number of carbonyl (C=O) groups excluding carboxylic acids is 1. The number of pyridine rings is 1. The summed E-state index contributed by atoms with van der Waals surface area (Å²) in [5.74, 6) is 0.693. The van der Waals surface area contributed by atoms with Gasteiger partial charge in [0.05, 0.1) is 18.5 Å². The summed E-state index contributed by atoms with van der Waals surface area (Å²) in [6.07, 6.45) is 4.73. The first kappa shape index (κ1) is 14.0. The van der Waals surface area contributed by atoms with Gasteiger partial charge in [-0.05, 0) is 30.9 Å². The molecule has 1 saturated heterocycles. The molecule has 4 nitrogen and oxygen atoms in total. The van der Waals surface area contributed by atoms with Gasteiger partial charge in [0.15, 0.2) is 5.78 Å². The number of rotatable bonds is 5. The second kappa shape index (κ2) is 6.66. The summed E-state index contributed by atoms with van der Waals surface area (Å²) >= 11 is 0. The van der Waals surface area contributed by atoms with Crippen molar-refractivity contribution in [3.05, 3.63) is 24.0 Å². The van der Waals surface area contributed by atoms with Crippen molar-refractivity contribution in [2.24, 2.45) is 5.92 Å². The van der Waals surface area contributed by atoms with Gasteiger partial charge in [-0.1, -0.05) is 6.92 Å². The van der Waals surface area contributed by atoms with E-state index in [1.165, 1.54) is 12.8 Å². The summed E-state index contributed by atoms with van der Waals surface area (Å²) in [4.78, 5) is 18.2. The van der Waals surface area contributed by atoms with Crippen molar-refractivity contribution in [3.8, 4) is 0 Å². The average molecular weight is 262 g/mol. The molecule has 1 fully saturated rings. The van der Waals surface area contributed by atoms with Gasteiger partial charge in [0.25, 0.3) is 0 Å². The van der Waals surface area contributed by atoms with Crippen LogP contribution in [0.15, 0.2) is 18.3 Å². The lowest BCUT2D eigenvalue weighted by molar-refractivity contribution is 0.0983. The van der Waals surface area contributed by atoms with Gasteiger partial charge in [0, 0.05) is 26.6 Å². The number of anilines is 1. The highest BCUT2D eigenvalue weighted by Crippen LogP contribution is 2.23. The molecule has 1 aromatic rings. The highest BCUT2D eigenvalue weighted by molar-refractivity contribution is 5.94. The van der Waals surface area contributed by atoms with Crippen LogP contribution in [0.4, 0.5) is 5.69 Å². The SMILES string of the molecule is CCC(=O)c1ccc(N2CCCC(COC)C2)cn1. The van der Waals surface area contributed by atoms with Crippen molar-refractivity contribution in [1.82, 2.24) is 4.98 Å². The van der Waals surface area contributed by atoms with E-state index in [9.17, 15) is 4.79 Å². The van der Waals surface area contributed by atoms with E-state index >= 15 is 0 Å². The Morgan fingerprint density at radius 3 is 3.00 bits per heavy atom. The van der Waals surface area contributed by atoms with Crippen molar-refractivity contribution < 1.29 is 9.53 Å². The van der Waals surface area contributed by atoms with Crippen molar-refractivity contribution in [2.45, 2.75) is 26.2 Å². The maximum absolute atomic E-state index is 11.5. The fourth-order valence-electron chi connectivity index (χ4n) is 2.59. The van der Waals surface area contributed by atoms with E-state index in [4.69, 9.17) is 4.74 Å². The Morgan fingerprint density at radius 2 is 2.37 bits per heavy atom. The molecule has 0 aromatic carbocycles. The predicted molar refractivity (Wildman–Crippen MR) is 75.7 cm³/mol. The molecule has 1 aliphatic heterocycles. The molecular weight excluding hydrogens is 240 g/mol. The molecule has 1 aromatic heterocycles. The Kier molecular flexibility index (Phi) is 4.91. The van der Waals surface area contributed by atoms with Gasteiger partial charge < -0.3 is 9.64 Å². The van der Waals surface area contributed by atoms with Crippen LogP contribution in [0.1, 0.15) is 36.7 Å². The monoisotopic (exact) mass is 262 g/mol. The van der Waals surface area contributed by atoms with Gasteiger partial charge >= 0.3 is 0 Å². The molecule has 0 spiro atoms. The second-order valence-electron chi connectivity index (χ2n) is 5.09. The minimum Gasteiger partial charge on any atom is -0.384 e. The van der Waals surface area contributed by atoms with Gasteiger partial charge in [-0.2, -0.15) is 0 Å². The number of hydrogen-bond acceptors (Lipinski definition) is 4. The third-order valence-corrected chi connectivity index (χ3v) is 3.64. The topological polar surface area (TPSA) is 42.4 Å². The van der Waals surface area contributed by atoms with Crippen molar-refractivity contribution in [3.63, 3.8) is 0 Å². The first-order chi connectivity index (χ1) is 9.24. The third-order valence-electron chi connectivity index (χ3n) is 3.64. The number of Topliss-reactive ketones (excluding diaryl/α,β-unsaturated/α-hetero) is 1. The van der Waals surface area contributed by atoms with Crippen molar-refractivity contribution in [2.75, 3.05) is 31.7 Å². The van der Waals surface area contributed by atoms with Crippen LogP contribution in [0.25, 0.3) is 0 Å². The number of ketones is 1. The molecule has 19 heavy (non-hydrogen) atoms. The lowest BCUT2D eigenvalue weighted by atomic mass is 9.98. The third kappa shape index (κ3) is 3.53. The van der Waals surface area contributed by atoms with Crippen LogP contribution in [0.5, 0.6) is 0 Å². The molecule has 0 bridgehead atoms. The van der Waals surface area contributed by atoms with E-state index in [1.807, 2.05) is 25.3 Å². The molecule has 0 radical (unpaired) electrons. The maximum atomic E-state index is 11.5. The molecule has 1 unspecified atom stereocenters. The quantitative estimate of drug-likeness (QED) is 0.765. The molecule has 0 aliphatic carbocycles. The Labute approximate surface area is 114 Å². The van der Waals surface area contributed by atoms with Crippen molar-refractivity contribution in [1.29, 1.82) is 0 Å². The summed E-state index contributed by atoms with van der Waals surface area (Å²) in [5, 5.41) is 0. The van der Waals surface area contributed by atoms with Gasteiger partial charge in [-0.25, -0.2) is 0 Å². The zero-order chi connectivity index (χ0) is 13.7. The van der Waals surface area contributed by atoms with Crippen LogP contribution in [0, 0.1) is 5.92 Å². The summed E-state index contributed by atoms with van der Waals surface area (Å²) in [6.45, 7) is 4.74. The number of hydrogen-bond donors (Lipinski definition) is 0. The molecule has 2 rings (SSSR count). The number of piperidine rings is 1. The molecule has 4 heteroatoms. The Hall–Kier alpha value is -1.42. The molecule has 0 saturated carbocycles. The summed E-state index contributed by atoms with van der Waals surface area (Å²) in [7, 11) is 1.76. The summed E-state index contributed by atoms with van der Waals surface area (Å²) in [5.41, 5.74) is 1.67. The maximum Gasteiger partial charge on any atom is 0.180 e. The minimum absolute atomic E-state index is 0.0995. The van der Waals surface area contributed by atoms with Gasteiger partial charge in [0.1, 0.15) is 5.69 Å².